The minimum Gasteiger partial charge on any atom is -0.0860 e. The Morgan fingerprint density at radius 2 is 0.594 bits per heavy atom. The van der Waals surface area contributed by atoms with Gasteiger partial charge in [0.1, 0.15) is 24.2 Å². The van der Waals surface area contributed by atoms with Gasteiger partial charge in [0.25, 0.3) is 0 Å². The monoisotopic (exact) mass is 917 g/mol. The summed E-state index contributed by atoms with van der Waals surface area (Å²) >= 11 is 0. The summed E-state index contributed by atoms with van der Waals surface area (Å²) in [5.41, 5.74) is 21.1. The third-order valence-electron chi connectivity index (χ3n) is 21.7. The molecular formula is C61H100Si3. The molecule has 6 aliphatic carbocycles. The standard InChI is InChI=1S/C61H100Si3/c1-8-46-44-62(47-32-20-14-21-33-47,48-34-22-15-23-35-48)58(54(46)10-3)59-56(12-5)57(13-6)61(64(59,51-40-28-18-29-41-51)52-42-30-19-31-43-52)60-55(11-4)53(9-2)45(7)63(60,49-36-24-16-25-37-49)50-38-26-17-27-39-50/h44,47-52H,8-43H2,1-7H3. The van der Waals surface area contributed by atoms with Gasteiger partial charge in [-0.25, -0.2) is 0 Å². The highest BCUT2D eigenvalue weighted by Gasteiger charge is 2.67. The largest absolute Gasteiger partial charge is 0.124 e. The number of allylic oxidation sites excluding steroid dienone is 11. The van der Waals surface area contributed by atoms with Crippen molar-refractivity contribution in [3.05, 3.63) is 65.1 Å². The number of rotatable bonds is 14. The first-order valence-electron chi connectivity index (χ1n) is 29.8. The van der Waals surface area contributed by atoms with E-state index in [1.54, 1.807) is 77.0 Å². The molecule has 356 valence electrons. The van der Waals surface area contributed by atoms with Crippen molar-refractivity contribution in [2.45, 2.75) is 313 Å². The minimum atomic E-state index is -2.40. The molecule has 9 rings (SSSR count). The Morgan fingerprint density at radius 3 is 0.922 bits per heavy atom. The van der Waals surface area contributed by atoms with Crippen LogP contribution in [0.1, 0.15) is 280 Å². The van der Waals surface area contributed by atoms with Crippen LogP contribution in [0.2, 0.25) is 33.2 Å². The maximum atomic E-state index is 3.31. The van der Waals surface area contributed by atoms with E-state index < -0.39 is 24.2 Å². The first kappa shape index (κ1) is 48.1. The molecule has 3 heterocycles. The van der Waals surface area contributed by atoms with E-state index in [1.807, 2.05) is 22.3 Å². The normalized spacial score (nSPS) is 28.7. The van der Waals surface area contributed by atoms with Gasteiger partial charge in [-0.05, 0) is 107 Å². The molecule has 0 N–H and O–H groups in total. The van der Waals surface area contributed by atoms with Crippen molar-refractivity contribution in [1.29, 1.82) is 0 Å². The first-order chi connectivity index (χ1) is 31.4. The fourth-order valence-electron chi connectivity index (χ4n) is 19.5. The number of hydrogen-bond acceptors (Lipinski definition) is 0. The molecule has 64 heavy (non-hydrogen) atoms. The van der Waals surface area contributed by atoms with Crippen molar-refractivity contribution in [3.8, 4) is 0 Å². The molecule has 0 aromatic heterocycles. The summed E-state index contributed by atoms with van der Waals surface area (Å²) in [6, 6.07) is 0. The summed E-state index contributed by atoms with van der Waals surface area (Å²) in [6.45, 7) is 18.9. The maximum absolute atomic E-state index is 3.31. The van der Waals surface area contributed by atoms with Crippen LogP contribution in [0.15, 0.2) is 65.1 Å². The van der Waals surface area contributed by atoms with Crippen molar-refractivity contribution >= 4 is 24.2 Å². The lowest BCUT2D eigenvalue weighted by Crippen LogP contribution is -2.58. The van der Waals surface area contributed by atoms with E-state index in [1.165, 1.54) is 154 Å². The molecule has 6 fully saturated rings. The Morgan fingerprint density at radius 1 is 0.312 bits per heavy atom. The highest BCUT2D eigenvalue weighted by molar-refractivity contribution is 7.07. The van der Waals surface area contributed by atoms with Gasteiger partial charge in [-0.1, -0.05) is 271 Å². The Hall–Kier alpha value is -0.909. The zero-order valence-electron chi connectivity index (χ0n) is 43.5. The molecule has 0 aromatic carbocycles. The zero-order chi connectivity index (χ0) is 44.5. The fraction of sp³-hybridized carbons (Fsp3) is 0.803. The van der Waals surface area contributed by atoms with Crippen LogP contribution in [0.5, 0.6) is 0 Å². The van der Waals surface area contributed by atoms with E-state index >= 15 is 0 Å². The Labute approximate surface area is 400 Å². The van der Waals surface area contributed by atoms with E-state index in [9.17, 15) is 0 Å². The van der Waals surface area contributed by atoms with Crippen LogP contribution in [-0.2, 0) is 0 Å². The lowest BCUT2D eigenvalue weighted by molar-refractivity contribution is 0.452. The average Bonchev–Trinajstić information content (AvgIpc) is 3.96. The molecule has 0 aromatic rings. The topological polar surface area (TPSA) is 0 Å². The van der Waals surface area contributed by atoms with Gasteiger partial charge in [0.05, 0.1) is 0 Å². The van der Waals surface area contributed by atoms with Crippen molar-refractivity contribution in [2.24, 2.45) is 0 Å². The van der Waals surface area contributed by atoms with Crippen molar-refractivity contribution in [1.82, 2.24) is 0 Å². The highest BCUT2D eigenvalue weighted by Crippen LogP contribution is 2.72. The Balaban J connectivity index is 1.43. The maximum Gasteiger partial charge on any atom is 0.124 e. The quantitative estimate of drug-likeness (QED) is 0.152. The van der Waals surface area contributed by atoms with Gasteiger partial charge in [0.15, 0.2) is 0 Å². The molecule has 3 aliphatic heterocycles. The summed E-state index contributed by atoms with van der Waals surface area (Å²) in [5.74, 6) is 0. The van der Waals surface area contributed by atoms with Crippen LogP contribution >= 0.6 is 0 Å². The molecule has 0 nitrogen and oxygen atoms in total. The molecule has 0 bridgehead atoms. The molecule has 0 saturated heterocycles. The molecule has 0 atom stereocenters. The average molecular weight is 918 g/mol. The van der Waals surface area contributed by atoms with Gasteiger partial charge in [-0.15, -0.1) is 0 Å². The molecule has 6 saturated carbocycles. The van der Waals surface area contributed by atoms with Crippen molar-refractivity contribution in [2.75, 3.05) is 0 Å². The molecule has 3 heteroatoms. The van der Waals surface area contributed by atoms with E-state index in [2.05, 4.69) is 91.3 Å². The van der Waals surface area contributed by atoms with E-state index in [4.69, 9.17) is 0 Å². The zero-order valence-corrected chi connectivity index (χ0v) is 46.5. The molecule has 0 unspecified atom stereocenters. The Bertz CT molecular complexity index is 1790. The van der Waals surface area contributed by atoms with Crippen LogP contribution < -0.4 is 0 Å². The predicted molar refractivity (Wildman–Crippen MR) is 289 cm³/mol. The van der Waals surface area contributed by atoms with Gasteiger partial charge >= 0.3 is 0 Å². The van der Waals surface area contributed by atoms with Gasteiger partial charge in [0, 0.05) is 0 Å². The summed E-state index contributed by atoms with van der Waals surface area (Å²) < 4.78 is 0. The van der Waals surface area contributed by atoms with Crippen LogP contribution in [0.4, 0.5) is 0 Å². The lowest BCUT2D eigenvalue weighted by Gasteiger charge is -2.56. The predicted octanol–water partition coefficient (Wildman–Crippen LogP) is 20.5. The summed E-state index contributed by atoms with van der Waals surface area (Å²) in [6.07, 6.45) is 53.7. The molecule has 9 aliphatic rings. The second-order valence-corrected chi connectivity index (χ2v) is 37.3. The number of hydrogen-bond donors (Lipinski definition) is 0. The molecule has 0 amide bonds. The van der Waals surface area contributed by atoms with Crippen LogP contribution in [0.3, 0.4) is 0 Å². The second kappa shape index (κ2) is 21.0. The SMILES string of the molecule is CCC1=C[Si](C2CCCCC2)(C2CCCCC2)C(C2=C(CC)C(CC)=C(C3=C(CC)C(CC)=C(C)[Si]3(C3CCCCC3)C3CCCCC3)[Si]2(C2CCCCC2)C2CCCCC2)=C1CC. The molecule has 0 spiro atoms. The lowest BCUT2D eigenvalue weighted by atomic mass is 9.95. The van der Waals surface area contributed by atoms with E-state index in [0.717, 1.165) is 33.2 Å². The van der Waals surface area contributed by atoms with Crippen molar-refractivity contribution < 1.29 is 0 Å². The summed E-state index contributed by atoms with van der Waals surface area (Å²) in [5, 5.41) is 11.3. The van der Waals surface area contributed by atoms with Crippen molar-refractivity contribution in [3.63, 3.8) is 0 Å². The van der Waals surface area contributed by atoms with Crippen LogP contribution in [0.25, 0.3) is 0 Å². The van der Waals surface area contributed by atoms with Gasteiger partial charge in [-0.2, -0.15) is 0 Å². The third kappa shape index (κ3) is 7.62. The van der Waals surface area contributed by atoms with Gasteiger partial charge in [0.2, 0.25) is 0 Å². The Kier molecular flexibility index (Phi) is 15.8. The minimum absolute atomic E-state index is 0.960. The smallest absolute Gasteiger partial charge is 0.0860 e. The van der Waals surface area contributed by atoms with Crippen LogP contribution in [-0.4, -0.2) is 24.2 Å². The first-order valence-corrected chi connectivity index (χ1v) is 36.4. The van der Waals surface area contributed by atoms with E-state index in [0.29, 0.717) is 0 Å². The van der Waals surface area contributed by atoms with Crippen LogP contribution in [0, 0.1) is 0 Å². The molecule has 0 radical (unpaired) electrons. The van der Waals surface area contributed by atoms with Gasteiger partial charge in [-0.3, -0.25) is 0 Å². The highest BCUT2D eigenvalue weighted by atomic mass is 28.3. The summed E-state index contributed by atoms with van der Waals surface area (Å²) in [7, 11) is -6.62. The third-order valence-corrected chi connectivity index (χ3v) is 41.4. The summed E-state index contributed by atoms with van der Waals surface area (Å²) in [4.78, 5) is 0. The van der Waals surface area contributed by atoms with E-state index in [-0.39, 0.29) is 0 Å². The fourth-order valence-corrected chi connectivity index (χ4v) is 45.2. The molecular weight excluding hydrogens is 817 g/mol. The van der Waals surface area contributed by atoms with Gasteiger partial charge < -0.3 is 0 Å². The second-order valence-electron chi connectivity index (χ2n) is 24.0.